The number of benzene rings is 1. The molecule has 0 atom stereocenters. The van der Waals surface area contributed by atoms with E-state index in [1.807, 2.05) is 0 Å². The SMILES string of the molecule is COC(=O)CN(CCc1ccc2c(c1)CCO2)C(C)C. The first-order valence-electron chi connectivity index (χ1n) is 7.15. The molecule has 0 unspecified atom stereocenters. The van der Waals surface area contributed by atoms with Gasteiger partial charge in [-0.3, -0.25) is 9.69 Å². The summed E-state index contributed by atoms with van der Waals surface area (Å²) in [5.41, 5.74) is 2.59. The fraction of sp³-hybridized carbons (Fsp3) is 0.562. The third-order valence-corrected chi connectivity index (χ3v) is 3.73. The number of carbonyl (C=O) groups excluding carboxylic acids is 1. The highest BCUT2D eigenvalue weighted by Crippen LogP contribution is 2.26. The van der Waals surface area contributed by atoms with E-state index in [1.54, 1.807) is 0 Å². The van der Waals surface area contributed by atoms with Crippen LogP contribution in [0.15, 0.2) is 18.2 Å². The highest BCUT2D eigenvalue weighted by atomic mass is 16.5. The minimum atomic E-state index is -0.180. The van der Waals surface area contributed by atoms with Crippen molar-refractivity contribution in [2.75, 3.05) is 26.8 Å². The van der Waals surface area contributed by atoms with Gasteiger partial charge >= 0.3 is 5.97 Å². The lowest BCUT2D eigenvalue weighted by Gasteiger charge is -2.25. The van der Waals surface area contributed by atoms with Gasteiger partial charge in [0.05, 0.1) is 20.3 Å². The van der Waals surface area contributed by atoms with Crippen molar-refractivity contribution < 1.29 is 14.3 Å². The predicted molar refractivity (Wildman–Crippen MR) is 78.1 cm³/mol. The first-order chi connectivity index (χ1) is 9.60. The predicted octanol–water partition coefficient (Wildman–Crippen LogP) is 2.05. The van der Waals surface area contributed by atoms with Crippen LogP contribution in [0.25, 0.3) is 0 Å². The van der Waals surface area contributed by atoms with Crippen molar-refractivity contribution in [2.24, 2.45) is 0 Å². The first-order valence-corrected chi connectivity index (χ1v) is 7.15. The van der Waals surface area contributed by atoms with Crippen LogP contribution in [-0.2, 0) is 22.4 Å². The number of fused-ring (bicyclic) bond motifs is 1. The molecule has 0 saturated carbocycles. The van der Waals surface area contributed by atoms with E-state index >= 15 is 0 Å². The molecule has 0 aliphatic carbocycles. The van der Waals surface area contributed by atoms with Gasteiger partial charge in [0.25, 0.3) is 0 Å². The molecule has 0 saturated heterocycles. The van der Waals surface area contributed by atoms with E-state index in [4.69, 9.17) is 9.47 Å². The maximum atomic E-state index is 11.4. The molecular formula is C16H23NO3. The van der Waals surface area contributed by atoms with Crippen LogP contribution in [-0.4, -0.2) is 43.7 Å². The molecule has 4 heteroatoms. The molecule has 1 heterocycles. The molecule has 0 N–H and O–H groups in total. The number of hydrogen-bond acceptors (Lipinski definition) is 4. The number of carbonyl (C=O) groups is 1. The van der Waals surface area contributed by atoms with Crippen LogP contribution in [0.4, 0.5) is 0 Å². The molecule has 0 amide bonds. The van der Waals surface area contributed by atoms with Crippen molar-refractivity contribution in [1.82, 2.24) is 4.90 Å². The first kappa shape index (κ1) is 14.9. The molecule has 4 nitrogen and oxygen atoms in total. The standard InChI is InChI=1S/C16H23NO3/c1-12(2)17(11-16(18)19-3)8-6-13-4-5-15-14(10-13)7-9-20-15/h4-5,10,12H,6-9,11H2,1-3H3. The van der Waals surface area contributed by atoms with Gasteiger partial charge in [0.15, 0.2) is 0 Å². The lowest BCUT2D eigenvalue weighted by Crippen LogP contribution is -2.37. The average Bonchev–Trinajstić information content (AvgIpc) is 2.90. The fourth-order valence-corrected chi connectivity index (χ4v) is 2.42. The Morgan fingerprint density at radius 1 is 1.45 bits per heavy atom. The molecular weight excluding hydrogens is 254 g/mol. The fourth-order valence-electron chi connectivity index (χ4n) is 2.42. The third-order valence-electron chi connectivity index (χ3n) is 3.73. The summed E-state index contributed by atoms with van der Waals surface area (Å²) in [6.07, 6.45) is 1.93. The van der Waals surface area contributed by atoms with Crippen LogP contribution in [0.2, 0.25) is 0 Å². The van der Waals surface area contributed by atoms with Crippen LogP contribution in [0, 0.1) is 0 Å². The molecule has 1 aromatic carbocycles. The van der Waals surface area contributed by atoms with Crippen molar-refractivity contribution in [3.8, 4) is 5.75 Å². The quantitative estimate of drug-likeness (QED) is 0.746. The second kappa shape index (κ2) is 6.75. The molecule has 110 valence electrons. The number of nitrogens with zero attached hydrogens (tertiary/aromatic N) is 1. The topological polar surface area (TPSA) is 38.8 Å². The zero-order valence-corrected chi connectivity index (χ0v) is 12.5. The summed E-state index contributed by atoms with van der Waals surface area (Å²) < 4.78 is 10.3. The van der Waals surface area contributed by atoms with Gasteiger partial charge in [0.1, 0.15) is 5.75 Å². The summed E-state index contributed by atoms with van der Waals surface area (Å²) in [5, 5.41) is 0. The summed E-state index contributed by atoms with van der Waals surface area (Å²) in [7, 11) is 1.43. The zero-order valence-electron chi connectivity index (χ0n) is 12.5. The Kier molecular flexibility index (Phi) is 5.01. The van der Waals surface area contributed by atoms with Crippen LogP contribution in [0.3, 0.4) is 0 Å². The van der Waals surface area contributed by atoms with Crippen LogP contribution in [0.1, 0.15) is 25.0 Å². The summed E-state index contributed by atoms with van der Waals surface area (Å²) >= 11 is 0. The molecule has 0 radical (unpaired) electrons. The monoisotopic (exact) mass is 277 g/mol. The molecule has 0 spiro atoms. The molecule has 1 aliphatic rings. The highest BCUT2D eigenvalue weighted by molar-refractivity contribution is 5.71. The molecule has 20 heavy (non-hydrogen) atoms. The van der Waals surface area contributed by atoms with Crippen molar-refractivity contribution in [1.29, 1.82) is 0 Å². The number of methoxy groups -OCH3 is 1. The Morgan fingerprint density at radius 3 is 2.95 bits per heavy atom. The van der Waals surface area contributed by atoms with Crippen LogP contribution < -0.4 is 4.74 Å². The van der Waals surface area contributed by atoms with Crippen LogP contribution in [0.5, 0.6) is 5.75 Å². The number of rotatable bonds is 6. The minimum Gasteiger partial charge on any atom is -0.493 e. The van der Waals surface area contributed by atoms with E-state index in [2.05, 4.69) is 36.9 Å². The maximum absolute atomic E-state index is 11.4. The average molecular weight is 277 g/mol. The maximum Gasteiger partial charge on any atom is 0.319 e. The molecule has 0 aromatic heterocycles. The van der Waals surface area contributed by atoms with E-state index in [-0.39, 0.29) is 5.97 Å². The van der Waals surface area contributed by atoms with Crippen LogP contribution >= 0.6 is 0 Å². The number of ether oxygens (including phenoxy) is 2. The van der Waals surface area contributed by atoms with E-state index in [0.717, 1.165) is 31.7 Å². The van der Waals surface area contributed by atoms with Crippen molar-refractivity contribution >= 4 is 5.97 Å². The van der Waals surface area contributed by atoms with E-state index < -0.39 is 0 Å². The Bertz CT molecular complexity index is 471. The van der Waals surface area contributed by atoms with Gasteiger partial charge in [-0.05, 0) is 37.5 Å². The van der Waals surface area contributed by atoms with Crippen molar-refractivity contribution in [3.63, 3.8) is 0 Å². The summed E-state index contributed by atoms with van der Waals surface area (Å²) in [6.45, 7) is 6.19. The second-order valence-corrected chi connectivity index (χ2v) is 5.43. The molecule has 1 aliphatic heterocycles. The summed E-state index contributed by atoms with van der Waals surface area (Å²) in [6, 6.07) is 6.71. The summed E-state index contributed by atoms with van der Waals surface area (Å²) in [5.74, 6) is 0.838. The lowest BCUT2D eigenvalue weighted by atomic mass is 10.1. The lowest BCUT2D eigenvalue weighted by molar-refractivity contribution is -0.142. The zero-order chi connectivity index (χ0) is 14.5. The van der Waals surface area contributed by atoms with E-state index in [1.165, 1.54) is 18.2 Å². The van der Waals surface area contributed by atoms with Crippen molar-refractivity contribution in [3.05, 3.63) is 29.3 Å². The van der Waals surface area contributed by atoms with Gasteiger partial charge in [0.2, 0.25) is 0 Å². The minimum absolute atomic E-state index is 0.180. The molecule has 0 fully saturated rings. The van der Waals surface area contributed by atoms with Gasteiger partial charge in [-0.1, -0.05) is 12.1 Å². The highest BCUT2D eigenvalue weighted by Gasteiger charge is 2.16. The van der Waals surface area contributed by atoms with E-state index in [0.29, 0.717) is 12.6 Å². The van der Waals surface area contributed by atoms with Gasteiger partial charge < -0.3 is 9.47 Å². The van der Waals surface area contributed by atoms with E-state index in [9.17, 15) is 4.79 Å². The normalized spacial score (nSPS) is 13.4. The Morgan fingerprint density at radius 2 is 2.25 bits per heavy atom. The molecule has 1 aromatic rings. The Hall–Kier alpha value is -1.55. The Labute approximate surface area is 120 Å². The van der Waals surface area contributed by atoms with Gasteiger partial charge in [-0.15, -0.1) is 0 Å². The largest absolute Gasteiger partial charge is 0.493 e. The van der Waals surface area contributed by atoms with Crippen molar-refractivity contribution in [2.45, 2.75) is 32.7 Å². The second-order valence-electron chi connectivity index (χ2n) is 5.43. The Balaban J connectivity index is 1.93. The summed E-state index contributed by atoms with van der Waals surface area (Å²) in [4.78, 5) is 13.5. The molecule has 0 bridgehead atoms. The molecule has 2 rings (SSSR count). The van der Waals surface area contributed by atoms with Gasteiger partial charge in [0, 0.05) is 19.0 Å². The van der Waals surface area contributed by atoms with Gasteiger partial charge in [-0.2, -0.15) is 0 Å². The number of hydrogen-bond donors (Lipinski definition) is 0. The smallest absolute Gasteiger partial charge is 0.319 e. The van der Waals surface area contributed by atoms with Gasteiger partial charge in [-0.25, -0.2) is 0 Å². The number of esters is 1. The third kappa shape index (κ3) is 3.73.